The summed E-state index contributed by atoms with van der Waals surface area (Å²) in [5, 5.41) is 2.93. The second-order valence-corrected chi connectivity index (χ2v) is 7.62. The number of aromatic amines is 1. The third-order valence-electron chi connectivity index (χ3n) is 4.61. The largest absolute Gasteiger partial charge is 0.375 e. The van der Waals surface area contributed by atoms with Gasteiger partial charge in [-0.2, -0.15) is 0 Å². The van der Waals surface area contributed by atoms with Gasteiger partial charge in [0.1, 0.15) is 0 Å². The van der Waals surface area contributed by atoms with Crippen molar-refractivity contribution in [2.24, 2.45) is 0 Å². The lowest BCUT2D eigenvalue weighted by Crippen LogP contribution is -2.40. The number of nitrogens with one attached hydrogen (secondary N) is 2. The standard InChI is InChI=1S/C20H24BrN3O3/c1-14-17(10-18(21)20(26)23-14)19(25)22-11-16-13-24(8-5-9-27-16)12-15-6-3-2-4-7-15/h2-4,6-7,10,16H,5,8-9,11-13H2,1H3,(H,22,25)(H,23,26). The second kappa shape index (κ2) is 9.30. The molecule has 7 heteroatoms. The molecule has 0 saturated carbocycles. The van der Waals surface area contributed by atoms with Crippen LogP contribution in [0.15, 0.2) is 45.7 Å². The molecule has 1 fully saturated rings. The van der Waals surface area contributed by atoms with Gasteiger partial charge in [0.05, 0.1) is 16.1 Å². The minimum Gasteiger partial charge on any atom is -0.375 e. The summed E-state index contributed by atoms with van der Waals surface area (Å²) in [6.45, 7) is 5.46. The molecule has 3 rings (SSSR count). The Bertz CT molecular complexity index is 838. The molecule has 1 aromatic heterocycles. The molecule has 1 atom stereocenters. The van der Waals surface area contributed by atoms with E-state index < -0.39 is 0 Å². The van der Waals surface area contributed by atoms with Crippen LogP contribution in [0, 0.1) is 6.92 Å². The zero-order chi connectivity index (χ0) is 19.2. The van der Waals surface area contributed by atoms with Crippen molar-refractivity contribution in [1.82, 2.24) is 15.2 Å². The topological polar surface area (TPSA) is 74.4 Å². The van der Waals surface area contributed by atoms with E-state index in [0.717, 1.165) is 26.1 Å². The Balaban J connectivity index is 1.58. The maximum Gasteiger partial charge on any atom is 0.262 e. The van der Waals surface area contributed by atoms with Crippen molar-refractivity contribution in [2.45, 2.75) is 26.0 Å². The van der Waals surface area contributed by atoms with Gasteiger partial charge in [-0.3, -0.25) is 14.5 Å². The van der Waals surface area contributed by atoms with E-state index in [0.29, 0.717) is 28.9 Å². The van der Waals surface area contributed by atoms with E-state index in [2.05, 4.69) is 43.3 Å². The summed E-state index contributed by atoms with van der Waals surface area (Å²) in [5.41, 5.74) is 2.04. The van der Waals surface area contributed by atoms with Crippen LogP contribution in [0.3, 0.4) is 0 Å². The quantitative estimate of drug-likeness (QED) is 0.759. The van der Waals surface area contributed by atoms with Crippen LogP contribution in [0.4, 0.5) is 0 Å². The number of hydrogen-bond donors (Lipinski definition) is 2. The lowest BCUT2D eigenvalue weighted by atomic mass is 10.2. The maximum absolute atomic E-state index is 12.5. The highest BCUT2D eigenvalue weighted by Crippen LogP contribution is 2.12. The first kappa shape index (κ1) is 19.8. The molecule has 0 bridgehead atoms. The fourth-order valence-electron chi connectivity index (χ4n) is 3.21. The highest BCUT2D eigenvalue weighted by molar-refractivity contribution is 9.10. The molecular weight excluding hydrogens is 410 g/mol. The number of ether oxygens (including phenoxy) is 1. The van der Waals surface area contributed by atoms with Gasteiger partial charge in [-0.1, -0.05) is 30.3 Å². The Morgan fingerprint density at radius 1 is 1.37 bits per heavy atom. The van der Waals surface area contributed by atoms with Gasteiger partial charge in [0.2, 0.25) is 0 Å². The van der Waals surface area contributed by atoms with Crippen molar-refractivity contribution in [3.8, 4) is 0 Å². The van der Waals surface area contributed by atoms with Crippen molar-refractivity contribution in [2.75, 3.05) is 26.2 Å². The van der Waals surface area contributed by atoms with Gasteiger partial charge in [0.15, 0.2) is 0 Å². The molecule has 2 N–H and O–H groups in total. The van der Waals surface area contributed by atoms with Crippen LogP contribution in [0.25, 0.3) is 0 Å². The van der Waals surface area contributed by atoms with E-state index in [-0.39, 0.29) is 17.6 Å². The Hall–Kier alpha value is -1.96. The lowest BCUT2D eigenvalue weighted by molar-refractivity contribution is 0.0510. The number of carbonyl (C=O) groups is 1. The van der Waals surface area contributed by atoms with Gasteiger partial charge in [0, 0.05) is 38.5 Å². The number of carbonyl (C=O) groups excluding carboxylic acids is 1. The van der Waals surface area contributed by atoms with Crippen LogP contribution in [0.1, 0.15) is 28.0 Å². The van der Waals surface area contributed by atoms with Gasteiger partial charge < -0.3 is 15.0 Å². The number of hydrogen-bond acceptors (Lipinski definition) is 4. The number of H-pyrrole nitrogens is 1. The Morgan fingerprint density at radius 2 is 2.15 bits per heavy atom. The van der Waals surface area contributed by atoms with E-state index in [1.807, 2.05) is 18.2 Å². The SMILES string of the molecule is Cc1[nH]c(=O)c(Br)cc1C(=O)NCC1CN(Cc2ccccc2)CCCO1. The summed E-state index contributed by atoms with van der Waals surface area (Å²) in [6, 6.07) is 11.9. The minimum atomic E-state index is -0.243. The van der Waals surface area contributed by atoms with Crippen molar-refractivity contribution in [3.63, 3.8) is 0 Å². The van der Waals surface area contributed by atoms with Gasteiger partial charge in [-0.25, -0.2) is 0 Å². The van der Waals surface area contributed by atoms with Crippen LogP contribution in [-0.2, 0) is 11.3 Å². The number of nitrogens with zero attached hydrogens (tertiary/aromatic N) is 1. The fraction of sp³-hybridized carbons (Fsp3) is 0.400. The minimum absolute atomic E-state index is 0.0633. The molecule has 27 heavy (non-hydrogen) atoms. The van der Waals surface area contributed by atoms with Crippen LogP contribution >= 0.6 is 15.9 Å². The molecule has 6 nitrogen and oxygen atoms in total. The molecule has 1 aromatic carbocycles. The summed E-state index contributed by atoms with van der Waals surface area (Å²) in [5.74, 6) is -0.216. The number of halogens is 1. The van der Waals surface area contributed by atoms with Crippen LogP contribution in [0.2, 0.25) is 0 Å². The molecular formula is C20H24BrN3O3. The number of amides is 1. The zero-order valence-electron chi connectivity index (χ0n) is 15.3. The Labute approximate surface area is 167 Å². The molecule has 0 spiro atoms. The molecule has 1 aliphatic rings. The van der Waals surface area contributed by atoms with E-state index in [4.69, 9.17) is 4.74 Å². The highest BCUT2D eigenvalue weighted by atomic mass is 79.9. The molecule has 0 aliphatic carbocycles. The third kappa shape index (κ3) is 5.51. The van der Waals surface area contributed by atoms with Gasteiger partial charge in [0.25, 0.3) is 11.5 Å². The third-order valence-corrected chi connectivity index (χ3v) is 5.20. The van der Waals surface area contributed by atoms with Gasteiger partial charge >= 0.3 is 0 Å². The van der Waals surface area contributed by atoms with E-state index in [1.54, 1.807) is 13.0 Å². The molecule has 1 amide bonds. The van der Waals surface area contributed by atoms with Gasteiger partial charge in [-0.15, -0.1) is 0 Å². The summed E-state index contributed by atoms with van der Waals surface area (Å²) in [4.78, 5) is 29.1. The predicted molar refractivity (Wildman–Crippen MR) is 108 cm³/mol. The predicted octanol–water partition coefficient (Wildman–Crippen LogP) is 2.47. The van der Waals surface area contributed by atoms with Gasteiger partial charge in [-0.05, 0) is 40.9 Å². The number of rotatable bonds is 5. The van der Waals surface area contributed by atoms with E-state index >= 15 is 0 Å². The molecule has 2 heterocycles. The van der Waals surface area contributed by atoms with Crippen molar-refractivity contribution in [1.29, 1.82) is 0 Å². The normalized spacial score (nSPS) is 18.1. The van der Waals surface area contributed by atoms with Crippen molar-refractivity contribution >= 4 is 21.8 Å². The Kier molecular flexibility index (Phi) is 6.82. The summed E-state index contributed by atoms with van der Waals surface area (Å²) < 4.78 is 6.25. The van der Waals surface area contributed by atoms with Crippen LogP contribution in [0.5, 0.6) is 0 Å². The zero-order valence-corrected chi connectivity index (χ0v) is 16.9. The van der Waals surface area contributed by atoms with Crippen LogP contribution in [-0.4, -0.2) is 48.1 Å². The molecule has 1 saturated heterocycles. The molecule has 1 unspecified atom stereocenters. The fourth-order valence-corrected chi connectivity index (χ4v) is 3.54. The average molecular weight is 434 g/mol. The monoisotopic (exact) mass is 433 g/mol. The number of aryl methyl sites for hydroxylation is 1. The number of aromatic nitrogens is 1. The Morgan fingerprint density at radius 3 is 2.93 bits per heavy atom. The van der Waals surface area contributed by atoms with E-state index in [1.165, 1.54) is 5.56 Å². The first-order chi connectivity index (χ1) is 13.0. The smallest absolute Gasteiger partial charge is 0.262 e. The second-order valence-electron chi connectivity index (χ2n) is 6.76. The first-order valence-corrected chi connectivity index (χ1v) is 9.87. The van der Waals surface area contributed by atoms with E-state index in [9.17, 15) is 9.59 Å². The molecule has 144 valence electrons. The molecule has 2 aromatic rings. The maximum atomic E-state index is 12.5. The lowest BCUT2D eigenvalue weighted by Gasteiger charge is -2.24. The highest BCUT2D eigenvalue weighted by Gasteiger charge is 2.20. The number of pyridine rings is 1. The van der Waals surface area contributed by atoms with Crippen LogP contribution < -0.4 is 10.9 Å². The van der Waals surface area contributed by atoms with Crippen molar-refractivity contribution < 1.29 is 9.53 Å². The summed E-state index contributed by atoms with van der Waals surface area (Å²) >= 11 is 3.17. The average Bonchev–Trinajstić information content (AvgIpc) is 2.88. The molecule has 1 aliphatic heterocycles. The summed E-state index contributed by atoms with van der Waals surface area (Å²) in [7, 11) is 0. The van der Waals surface area contributed by atoms with Crippen molar-refractivity contribution in [3.05, 3.63) is 68.0 Å². The summed E-state index contributed by atoms with van der Waals surface area (Å²) in [6.07, 6.45) is 0.912. The molecule has 0 radical (unpaired) electrons. The first-order valence-electron chi connectivity index (χ1n) is 9.08. The number of benzene rings is 1.